The molecule has 1 rings (SSSR count). The molecule has 0 saturated carbocycles. The van der Waals surface area contributed by atoms with Gasteiger partial charge in [0, 0.05) is 0 Å². The van der Waals surface area contributed by atoms with Crippen molar-refractivity contribution in [3.05, 3.63) is 30.3 Å². The van der Waals surface area contributed by atoms with Gasteiger partial charge < -0.3 is 10.5 Å². The zero-order valence-corrected chi connectivity index (χ0v) is 11.0. The lowest BCUT2D eigenvalue weighted by atomic mass is 10.3. The molecule has 6 heteroatoms. The van der Waals surface area contributed by atoms with Crippen LogP contribution >= 0.6 is 12.2 Å². The van der Waals surface area contributed by atoms with Crippen molar-refractivity contribution in [1.29, 1.82) is 0 Å². The summed E-state index contributed by atoms with van der Waals surface area (Å²) in [5.74, 6) is 0.546. The van der Waals surface area contributed by atoms with E-state index in [0.29, 0.717) is 13.0 Å². The van der Waals surface area contributed by atoms with Crippen LogP contribution in [0, 0.1) is 0 Å². The van der Waals surface area contributed by atoms with E-state index in [0.717, 1.165) is 5.75 Å². The second kappa shape index (κ2) is 6.56. The quantitative estimate of drug-likeness (QED) is 0.596. The number of nitrogens with two attached hydrogens (primary N) is 1. The maximum absolute atomic E-state index is 11.4. The Morgan fingerprint density at radius 2 is 1.94 bits per heavy atom. The van der Waals surface area contributed by atoms with Crippen molar-refractivity contribution in [3.8, 4) is 5.75 Å². The fourth-order valence-electron chi connectivity index (χ4n) is 1.27. The van der Waals surface area contributed by atoms with Gasteiger partial charge in [-0.3, -0.25) is 0 Å². The Morgan fingerprint density at radius 1 is 1.29 bits per heavy atom. The SMILES string of the molecule is NC(=S)CS(=O)(=O)CCCOc1ccccc1. The van der Waals surface area contributed by atoms with E-state index in [9.17, 15) is 8.42 Å². The summed E-state index contributed by atoms with van der Waals surface area (Å²) in [5, 5.41) is 0. The molecule has 0 unspecified atom stereocenters. The molecule has 1 aromatic carbocycles. The van der Waals surface area contributed by atoms with Gasteiger partial charge >= 0.3 is 0 Å². The van der Waals surface area contributed by atoms with Crippen LogP contribution in [0.5, 0.6) is 5.75 Å². The number of hydrogen-bond acceptors (Lipinski definition) is 4. The van der Waals surface area contributed by atoms with Crippen molar-refractivity contribution in [2.24, 2.45) is 5.73 Å². The lowest BCUT2D eigenvalue weighted by Crippen LogP contribution is -2.24. The Hall–Kier alpha value is -1.14. The first-order valence-corrected chi connectivity index (χ1v) is 7.39. The first kappa shape index (κ1) is 13.9. The Kier molecular flexibility index (Phi) is 5.37. The minimum Gasteiger partial charge on any atom is -0.494 e. The average molecular weight is 273 g/mol. The summed E-state index contributed by atoms with van der Waals surface area (Å²) in [6.45, 7) is 0.362. The van der Waals surface area contributed by atoms with Gasteiger partial charge in [0.25, 0.3) is 0 Å². The van der Waals surface area contributed by atoms with E-state index in [4.69, 9.17) is 10.5 Å². The Morgan fingerprint density at radius 3 is 2.53 bits per heavy atom. The van der Waals surface area contributed by atoms with E-state index >= 15 is 0 Å². The van der Waals surface area contributed by atoms with E-state index in [1.165, 1.54) is 0 Å². The molecule has 0 spiro atoms. The van der Waals surface area contributed by atoms with Gasteiger partial charge in [-0.2, -0.15) is 0 Å². The smallest absolute Gasteiger partial charge is 0.156 e. The van der Waals surface area contributed by atoms with Gasteiger partial charge in [0.1, 0.15) is 11.5 Å². The lowest BCUT2D eigenvalue weighted by Gasteiger charge is -2.06. The maximum atomic E-state index is 11.4. The van der Waals surface area contributed by atoms with Crippen molar-refractivity contribution in [3.63, 3.8) is 0 Å². The van der Waals surface area contributed by atoms with Crippen LogP contribution in [0.1, 0.15) is 6.42 Å². The largest absolute Gasteiger partial charge is 0.494 e. The Labute approximate surface area is 107 Å². The highest BCUT2D eigenvalue weighted by molar-refractivity contribution is 7.93. The van der Waals surface area contributed by atoms with E-state index in [1.807, 2.05) is 30.3 Å². The molecule has 0 fully saturated rings. The van der Waals surface area contributed by atoms with Crippen LogP contribution in [0.4, 0.5) is 0 Å². The van der Waals surface area contributed by atoms with Crippen molar-refractivity contribution >= 4 is 27.0 Å². The predicted octanol–water partition coefficient (Wildman–Crippen LogP) is 1.16. The highest BCUT2D eigenvalue weighted by atomic mass is 32.2. The van der Waals surface area contributed by atoms with Crippen LogP contribution in [0.3, 0.4) is 0 Å². The minimum absolute atomic E-state index is 0.00831. The summed E-state index contributed by atoms with van der Waals surface area (Å²) in [5.41, 5.74) is 5.19. The Balaban J connectivity index is 2.27. The predicted molar refractivity (Wildman–Crippen MR) is 72.0 cm³/mol. The highest BCUT2D eigenvalue weighted by Crippen LogP contribution is 2.08. The first-order chi connectivity index (χ1) is 7.99. The molecule has 0 bridgehead atoms. The number of sulfone groups is 1. The molecule has 0 aliphatic carbocycles. The normalized spacial score (nSPS) is 11.1. The number of hydrogen-bond donors (Lipinski definition) is 1. The molecule has 0 aromatic heterocycles. The molecule has 0 aliphatic heterocycles. The first-order valence-electron chi connectivity index (χ1n) is 5.16. The number of benzene rings is 1. The summed E-state index contributed by atoms with van der Waals surface area (Å²) in [6, 6.07) is 9.25. The second-order valence-corrected chi connectivity index (χ2v) is 6.28. The van der Waals surface area contributed by atoms with E-state index in [-0.39, 0.29) is 16.5 Å². The molecule has 2 N–H and O–H groups in total. The van der Waals surface area contributed by atoms with Crippen LogP contribution in [-0.4, -0.2) is 31.5 Å². The number of para-hydroxylation sites is 1. The van der Waals surface area contributed by atoms with Crippen LogP contribution < -0.4 is 10.5 Å². The van der Waals surface area contributed by atoms with Crippen LogP contribution in [0.15, 0.2) is 30.3 Å². The zero-order chi connectivity index (χ0) is 12.7. The maximum Gasteiger partial charge on any atom is 0.156 e. The van der Waals surface area contributed by atoms with E-state index in [1.54, 1.807) is 0 Å². The van der Waals surface area contributed by atoms with Crippen molar-refractivity contribution in [2.75, 3.05) is 18.1 Å². The molecule has 0 saturated heterocycles. The summed E-state index contributed by atoms with van der Waals surface area (Å²) in [7, 11) is -3.18. The van der Waals surface area contributed by atoms with Gasteiger partial charge in [-0.15, -0.1) is 0 Å². The highest BCUT2D eigenvalue weighted by Gasteiger charge is 2.11. The van der Waals surface area contributed by atoms with Crippen molar-refractivity contribution in [2.45, 2.75) is 6.42 Å². The second-order valence-electron chi connectivity index (χ2n) is 3.57. The van der Waals surface area contributed by atoms with Crippen LogP contribution in [0.25, 0.3) is 0 Å². The van der Waals surface area contributed by atoms with Gasteiger partial charge in [-0.1, -0.05) is 30.4 Å². The van der Waals surface area contributed by atoms with Crippen molar-refractivity contribution in [1.82, 2.24) is 0 Å². The standard InChI is InChI=1S/C11H15NO3S2/c12-11(16)9-17(13,14)8-4-7-15-10-5-2-1-3-6-10/h1-3,5-6H,4,7-9H2,(H2,12,16). The summed E-state index contributed by atoms with van der Waals surface area (Å²) in [6.07, 6.45) is 0.430. The Bertz CT molecular complexity index is 457. The summed E-state index contributed by atoms with van der Waals surface area (Å²) >= 11 is 4.57. The van der Waals surface area contributed by atoms with E-state index in [2.05, 4.69) is 12.2 Å². The average Bonchev–Trinajstić information content (AvgIpc) is 2.24. The molecule has 0 amide bonds. The molecule has 0 atom stereocenters. The summed E-state index contributed by atoms with van der Waals surface area (Å²) in [4.78, 5) is 0.00831. The van der Waals surface area contributed by atoms with E-state index < -0.39 is 9.84 Å². The van der Waals surface area contributed by atoms with Gasteiger partial charge in [0.2, 0.25) is 0 Å². The molecule has 0 radical (unpaired) electrons. The fraction of sp³-hybridized carbons (Fsp3) is 0.364. The topological polar surface area (TPSA) is 69.4 Å². The third-order valence-electron chi connectivity index (χ3n) is 1.97. The molecule has 0 heterocycles. The third kappa shape index (κ3) is 6.23. The third-order valence-corrected chi connectivity index (χ3v) is 3.96. The van der Waals surface area contributed by atoms with Gasteiger partial charge in [-0.25, -0.2) is 8.42 Å². The van der Waals surface area contributed by atoms with Gasteiger partial charge in [0.15, 0.2) is 9.84 Å². The minimum atomic E-state index is -3.18. The molecule has 94 valence electrons. The lowest BCUT2D eigenvalue weighted by molar-refractivity contribution is 0.317. The molecule has 1 aromatic rings. The van der Waals surface area contributed by atoms with Crippen LogP contribution in [0.2, 0.25) is 0 Å². The number of rotatable bonds is 7. The molecule has 17 heavy (non-hydrogen) atoms. The number of ether oxygens (including phenoxy) is 1. The van der Waals surface area contributed by atoms with Gasteiger partial charge in [0.05, 0.1) is 17.3 Å². The molecule has 4 nitrogen and oxygen atoms in total. The number of thiocarbonyl (C=S) groups is 1. The van der Waals surface area contributed by atoms with Crippen LogP contribution in [-0.2, 0) is 9.84 Å². The molecule has 0 aliphatic rings. The zero-order valence-electron chi connectivity index (χ0n) is 9.33. The summed E-state index contributed by atoms with van der Waals surface area (Å²) < 4.78 is 28.2. The molecular formula is C11H15NO3S2. The monoisotopic (exact) mass is 273 g/mol. The fourth-order valence-corrected chi connectivity index (χ4v) is 2.95. The van der Waals surface area contributed by atoms with Gasteiger partial charge in [-0.05, 0) is 18.6 Å². The molecular weight excluding hydrogens is 258 g/mol. The van der Waals surface area contributed by atoms with Crippen molar-refractivity contribution < 1.29 is 13.2 Å².